The molecule has 0 bridgehead atoms. The summed E-state index contributed by atoms with van der Waals surface area (Å²) < 4.78 is 37.8. The fourth-order valence-electron chi connectivity index (χ4n) is 3.08. The fraction of sp³-hybridized carbons (Fsp3) is 0.318. The monoisotopic (exact) mass is 476 g/mol. The third kappa shape index (κ3) is 5.43. The highest BCUT2D eigenvalue weighted by Crippen LogP contribution is 2.20. The van der Waals surface area contributed by atoms with Gasteiger partial charge in [-0.15, -0.1) is 0 Å². The number of thiazole rings is 1. The molecule has 1 aromatic heterocycles. The van der Waals surface area contributed by atoms with Crippen LogP contribution in [-0.4, -0.2) is 44.3 Å². The highest BCUT2D eigenvalue weighted by atomic mass is 32.2. The maximum absolute atomic E-state index is 12.6. The van der Waals surface area contributed by atoms with E-state index in [0.717, 1.165) is 22.2 Å². The van der Waals surface area contributed by atoms with Crippen molar-refractivity contribution in [3.8, 4) is 5.75 Å². The molecule has 2 aromatic carbocycles. The topological polar surface area (TPSA) is 104 Å². The lowest BCUT2D eigenvalue weighted by molar-refractivity contribution is -0.143. The van der Waals surface area contributed by atoms with E-state index in [-0.39, 0.29) is 22.8 Å². The van der Waals surface area contributed by atoms with Crippen LogP contribution >= 0.6 is 11.3 Å². The lowest BCUT2D eigenvalue weighted by Gasteiger charge is -2.06. The van der Waals surface area contributed by atoms with Crippen molar-refractivity contribution in [2.75, 3.05) is 19.5 Å². The normalized spacial score (nSPS) is 12.2. The van der Waals surface area contributed by atoms with E-state index in [1.54, 1.807) is 11.5 Å². The zero-order chi connectivity index (χ0) is 23.3. The summed E-state index contributed by atoms with van der Waals surface area (Å²) in [6, 6.07) is 11.6. The van der Waals surface area contributed by atoms with Crippen LogP contribution in [0.15, 0.2) is 52.4 Å². The average Bonchev–Trinajstić information content (AvgIpc) is 3.09. The SMILES string of the molecule is CCOC(=O)Cn1c(=NC(=O)CS(=O)(=O)c2ccc(OC)cc2)sc2cc(CC)ccc21. The van der Waals surface area contributed by atoms with Crippen LogP contribution in [0.3, 0.4) is 0 Å². The lowest BCUT2D eigenvalue weighted by atomic mass is 10.2. The highest BCUT2D eigenvalue weighted by molar-refractivity contribution is 7.92. The molecule has 0 fully saturated rings. The van der Waals surface area contributed by atoms with E-state index in [2.05, 4.69) is 4.99 Å². The largest absolute Gasteiger partial charge is 0.497 e. The molecule has 0 aliphatic rings. The number of nitrogens with zero attached hydrogens (tertiary/aromatic N) is 2. The number of aryl methyl sites for hydroxylation is 1. The Morgan fingerprint density at radius 1 is 1.09 bits per heavy atom. The molecule has 1 amide bonds. The van der Waals surface area contributed by atoms with E-state index < -0.39 is 27.5 Å². The molecule has 0 saturated carbocycles. The molecule has 8 nitrogen and oxygen atoms in total. The summed E-state index contributed by atoms with van der Waals surface area (Å²) in [5.41, 5.74) is 1.83. The van der Waals surface area contributed by atoms with Gasteiger partial charge in [-0.1, -0.05) is 24.3 Å². The van der Waals surface area contributed by atoms with Gasteiger partial charge < -0.3 is 14.0 Å². The lowest BCUT2D eigenvalue weighted by Crippen LogP contribution is -2.24. The molecular formula is C22H24N2O6S2. The third-order valence-electron chi connectivity index (χ3n) is 4.70. The van der Waals surface area contributed by atoms with Gasteiger partial charge in [0, 0.05) is 0 Å². The quantitative estimate of drug-likeness (QED) is 0.463. The van der Waals surface area contributed by atoms with E-state index in [4.69, 9.17) is 9.47 Å². The van der Waals surface area contributed by atoms with Crippen molar-refractivity contribution < 1.29 is 27.5 Å². The predicted molar refractivity (Wildman–Crippen MR) is 121 cm³/mol. The van der Waals surface area contributed by atoms with Gasteiger partial charge in [-0.25, -0.2) is 8.42 Å². The van der Waals surface area contributed by atoms with Crippen LogP contribution in [0.25, 0.3) is 10.2 Å². The molecule has 0 saturated heterocycles. The number of hydrogen-bond acceptors (Lipinski definition) is 7. The van der Waals surface area contributed by atoms with E-state index >= 15 is 0 Å². The van der Waals surface area contributed by atoms with Gasteiger partial charge in [0.15, 0.2) is 14.6 Å². The Morgan fingerprint density at radius 3 is 2.44 bits per heavy atom. The van der Waals surface area contributed by atoms with Gasteiger partial charge in [-0.3, -0.25) is 9.59 Å². The number of fused-ring (bicyclic) bond motifs is 1. The van der Waals surface area contributed by atoms with E-state index in [1.807, 2.05) is 25.1 Å². The smallest absolute Gasteiger partial charge is 0.326 e. The molecule has 10 heteroatoms. The summed E-state index contributed by atoms with van der Waals surface area (Å²) in [6.07, 6.45) is 0.831. The second kappa shape index (κ2) is 10.1. The van der Waals surface area contributed by atoms with Crippen molar-refractivity contribution in [3.05, 3.63) is 52.8 Å². The Labute approximate surface area is 190 Å². The van der Waals surface area contributed by atoms with Gasteiger partial charge in [0.05, 0.1) is 28.8 Å². The number of hydrogen-bond donors (Lipinski definition) is 0. The molecule has 1 heterocycles. The van der Waals surface area contributed by atoms with Gasteiger partial charge in [-0.05, 0) is 55.3 Å². The molecule has 170 valence electrons. The standard InChI is InChI=1S/C22H24N2O6S2/c1-4-15-6-11-18-19(12-15)31-22(24(18)13-21(26)30-5-2)23-20(25)14-32(27,28)17-9-7-16(29-3)8-10-17/h6-12H,4-5,13-14H2,1-3H3. The van der Waals surface area contributed by atoms with Gasteiger partial charge in [0.2, 0.25) is 0 Å². The second-order valence-electron chi connectivity index (χ2n) is 6.87. The van der Waals surface area contributed by atoms with Crippen molar-refractivity contribution in [3.63, 3.8) is 0 Å². The predicted octanol–water partition coefficient (Wildman–Crippen LogP) is 2.74. The summed E-state index contributed by atoms with van der Waals surface area (Å²) in [7, 11) is -2.41. The van der Waals surface area contributed by atoms with Crippen molar-refractivity contribution in [2.45, 2.75) is 31.7 Å². The number of rotatable bonds is 8. The molecular weight excluding hydrogens is 452 g/mol. The van der Waals surface area contributed by atoms with Crippen LogP contribution in [-0.2, 0) is 37.1 Å². The summed E-state index contributed by atoms with van der Waals surface area (Å²) >= 11 is 1.22. The van der Waals surface area contributed by atoms with Crippen LogP contribution in [0.1, 0.15) is 19.4 Å². The third-order valence-corrected chi connectivity index (χ3v) is 7.36. The highest BCUT2D eigenvalue weighted by Gasteiger charge is 2.20. The Bertz CT molecular complexity index is 1300. The maximum atomic E-state index is 12.6. The Hall–Kier alpha value is -2.98. The summed E-state index contributed by atoms with van der Waals surface area (Å²) in [5, 5.41) is 0. The minimum absolute atomic E-state index is 0.00479. The van der Waals surface area contributed by atoms with Gasteiger partial charge in [-0.2, -0.15) is 4.99 Å². The number of amides is 1. The molecule has 0 N–H and O–H groups in total. The first-order chi connectivity index (χ1) is 15.3. The van der Waals surface area contributed by atoms with Crippen molar-refractivity contribution in [2.24, 2.45) is 4.99 Å². The molecule has 0 aliphatic heterocycles. The molecule has 3 rings (SSSR count). The van der Waals surface area contributed by atoms with Crippen LogP contribution < -0.4 is 9.54 Å². The number of aromatic nitrogens is 1. The molecule has 32 heavy (non-hydrogen) atoms. The number of esters is 1. The fourth-order valence-corrected chi connectivity index (χ4v) is 5.30. The van der Waals surface area contributed by atoms with Crippen molar-refractivity contribution in [1.82, 2.24) is 4.57 Å². The van der Waals surface area contributed by atoms with Crippen molar-refractivity contribution in [1.29, 1.82) is 0 Å². The molecule has 0 unspecified atom stereocenters. The maximum Gasteiger partial charge on any atom is 0.326 e. The van der Waals surface area contributed by atoms with E-state index in [9.17, 15) is 18.0 Å². The number of carbonyl (C=O) groups is 2. The first-order valence-electron chi connectivity index (χ1n) is 9.99. The first-order valence-corrected chi connectivity index (χ1v) is 12.5. The Balaban J connectivity index is 1.97. The average molecular weight is 477 g/mol. The zero-order valence-electron chi connectivity index (χ0n) is 18.0. The Kier molecular flexibility index (Phi) is 7.47. The zero-order valence-corrected chi connectivity index (χ0v) is 19.7. The number of sulfone groups is 1. The van der Waals surface area contributed by atoms with Gasteiger partial charge >= 0.3 is 5.97 Å². The molecule has 0 radical (unpaired) electrons. The number of benzene rings is 2. The summed E-state index contributed by atoms with van der Waals surface area (Å²) in [5.74, 6) is -1.56. The molecule has 0 aliphatic carbocycles. The van der Waals surface area contributed by atoms with Gasteiger partial charge in [0.25, 0.3) is 5.91 Å². The Morgan fingerprint density at radius 2 is 1.81 bits per heavy atom. The summed E-state index contributed by atoms with van der Waals surface area (Å²) in [6.45, 7) is 3.84. The molecule has 0 atom stereocenters. The molecule has 3 aromatic rings. The minimum Gasteiger partial charge on any atom is -0.497 e. The van der Waals surface area contributed by atoms with Crippen LogP contribution in [0, 0.1) is 0 Å². The number of methoxy groups -OCH3 is 1. The van der Waals surface area contributed by atoms with E-state index in [0.29, 0.717) is 5.75 Å². The van der Waals surface area contributed by atoms with Crippen molar-refractivity contribution >= 4 is 43.3 Å². The van der Waals surface area contributed by atoms with Crippen LogP contribution in [0.5, 0.6) is 5.75 Å². The van der Waals surface area contributed by atoms with E-state index in [1.165, 1.54) is 42.7 Å². The summed E-state index contributed by atoms with van der Waals surface area (Å²) in [4.78, 5) is 29.0. The van der Waals surface area contributed by atoms with Crippen LogP contribution in [0.4, 0.5) is 0 Å². The number of ether oxygens (including phenoxy) is 2. The minimum atomic E-state index is -3.88. The molecule has 0 spiro atoms. The van der Waals surface area contributed by atoms with Gasteiger partial charge in [0.1, 0.15) is 18.0 Å². The van der Waals surface area contributed by atoms with Crippen LogP contribution in [0.2, 0.25) is 0 Å². The first kappa shape index (κ1) is 23.7. The second-order valence-corrected chi connectivity index (χ2v) is 9.87. The number of carbonyl (C=O) groups excluding carboxylic acids is 2.